The minimum absolute atomic E-state index is 0.0353. The Kier molecular flexibility index (Phi) is 6.52. The van der Waals surface area contributed by atoms with E-state index in [9.17, 15) is 9.18 Å². The maximum absolute atomic E-state index is 13.2. The van der Waals surface area contributed by atoms with Gasteiger partial charge >= 0.3 is 0 Å². The number of hydrogen-bond acceptors (Lipinski definition) is 4. The maximum atomic E-state index is 13.2. The van der Waals surface area contributed by atoms with E-state index >= 15 is 0 Å². The van der Waals surface area contributed by atoms with E-state index in [0.29, 0.717) is 16.7 Å². The molecule has 27 heavy (non-hydrogen) atoms. The summed E-state index contributed by atoms with van der Waals surface area (Å²) in [6.07, 6.45) is 1.90. The molecule has 0 aliphatic carbocycles. The van der Waals surface area contributed by atoms with Crippen molar-refractivity contribution in [2.75, 3.05) is 11.2 Å². The van der Waals surface area contributed by atoms with Crippen LogP contribution in [0.3, 0.4) is 0 Å². The van der Waals surface area contributed by atoms with Crippen LogP contribution >= 0.6 is 34.7 Å². The number of aromatic nitrogens is 1. The highest BCUT2D eigenvalue weighted by atomic mass is 35.5. The molecule has 0 fully saturated rings. The fraction of sp³-hybridized carbons (Fsp3) is 0.200. The Morgan fingerprint density at radius 2 is 1.96 bits per heavy atom. The summed E-state index contributed by atoms with van der Waals surface area (Å²) in [6, 6.07) is 13.6. The van der Waals surface area contributed by atoms with E-state index in [2.05, 4.69) is 4.98 Å². The van der Waals surface area contributed by atoms with Crippen LogP contribution in [0.2, 0.25) is 5.02 Å². The van der Waals surface area contributed by atoms with Crippen LogP contribution < -0.4 is 4.90 Å². The van der Waals surface area contributed by atoms with E-state index in [1.54, 1.807) is 17.0 Å². The highest BCUT2D eigenvalue weighted by Gasteiger charge is 2.24. The van der Waals surface area contributed by atoms with Crippen molar-refractivity contribution in [3.05, 3.63) is 70.3 Å². The van der Waals surface area contributed by atoms with Crippen molar-refractivity contribution in [1.29, 1.82) is 0 Å². The quantitative estimate of drug-likeness (QED) is 0.498. The zero-order chi connectivity index (χ0) is 19.4. The van der Waals surface area contributed by atoms with Gasteiger partial charge in [-0.1, -0.05) is 41.9 Å². The number of carbonyl (C=O) groups is 1. The Morgan fingerprint density at radius 1 is 1.26 bits per heavy atom. The first kappa shape index (κ1) is 19.9. The molecule has 140 valence electrons. The maximum Gasteiger partial charge on any atom is 0.241 e. The fourth-order valence-electron chi connectivity index (χ4n) is 2.51. The number of anilines is 1. The predicted octanol–water partition coefficient (Wildman–Crippen LogP) is 5.89. The van der Waals surface area contributed by atoms with Crippen LogP contribution in [0, 0.1) is 5.82 Å². The molecular weight excluding hydrogens is 403 g/mol. The molecule has 2 aromatic carbocycles. The van der Waals surface area contributed by atoms with Gasteiger partial charge in [0.2, 0.25) is 5.91 Å². The van der Waals surface area contributed by atoms with Gasteiger partial charge in [0, 0.05) is 16.0 Å². The number of nitrogens with zero attached hydrogens (tertiary/aromatic N) is 2. The van der Waals surface area contributed by atoms with E-state index in [4.69, 9.17) is 11.6 Å². The molecule has 1 aromatic heterocycles. The Balaban J connectivity index is 1.94. The van der Waals surface area contributed by atoms with Gasteiger partial charge < -0.3 is 0 Å². The van der Waals surface area contributed by atoms with Crippen molar-refractivity contribution in [2.45, 2.75) is 18.7 Å². The topological polar surface area (TPSA) is 33.2 Å². The second-order valence-corrected chi connectivity index (χ2v) is 8.35. The second kappa shape index (κ2) is 8.87. The Bertz CT molecular complexity index is 930. The predicted molar refractivity (Wildman–Crippen MR) is 113 cm³/mol. The number of thioether (sulfide) groups is 1. The lowest BCUT2D eigenvalue weighted by Gasteiger charge is -2.23. The van der Waals surface area contributed by atoms with Crippen molar-refractivity contribution in [3.8, 4) is 11.3 Å². The second-order valence-electron chi connectivity index (χ2n) is 5.92. The van der Waals surface area contributed by atoms with E-state index < -0.39 is 0 Å². The van der Waals surface area contributed by atoms with Gasteiger partial charge in [-0.15, -0.1) is 11.3 Å². The molecule has 7 heteroatoms. The molecule has 3 aromatic rings. The SMILES string of the molecule is CSC(C)C(=O)N(Cc1ccc(F)cc1)c1nc(-c2ccccc2Cl)cs1. The van der Waals surface area contributed by atoms with Crippen molar-refractivity contribution in [3.63, 3.8) is 0 Å². The van der Waals surface area contributed by atoms with Crippen LogP contribution in [0.4, 0.5) is 9.52 Å². The molecule has 0 saturated heterocycles. The molecule has 0 radical (unpaired) electrons. The molecule has 1 unspecified atom stereocenters. The number of carbonyl (C=O) groups excluding carboxylic acids is 1. The Morgan fingerprint density at radius 3 is 2.63 bits per heavy atom. The van der Waals surface area contributed by atoms with Crippen molar-refractivity contribution in [1.82, 2.24) is 4.98 Å². The standard InChI is InChI=1S/C20H18ClFN2OS2/c1-13(26-2)19(25)24(11-14-7-9-15(22)10-8-14)20-23-18(12-27-20)16-5-3-4-6-17(16)21/h3-10,12-13H,11H2,1-2H3. The van der Waals surface area contributed by atoms with Gasteiger partial charge in [0.05, 0.1) is 17.5 Å². The first-order valence-electron chi connectivity index (χ1n) is 8.28. The highest BCUT2D eigenvalue weighted by Crippen LogP contribution is 2.33. The third kappa shape index (κ3) is 4.69. The number of rotatable bonds is 6. The van der Waals surface area contributed by atoms with E-state index in [1.807, 2.05) is 42.8 Å². The Labute approximate surface area is 171 Å². The van der Waals surface area contributed by atoms with Crippen LogP contribution in [-0.4, -0.2) is 22.4 Å². The van der Waals surface area contributed by atoms with Crippen LogP contribution in [-0.2, 0) is 11.3 Å². The van der Waals surface area contributed by atoms with Gasteiger partial charge in [-0.05, 0) is 36.9 Å². The van der Waals surface area contributed by atoms with Crippen molar-refractivity contribution < 1.29 is 9.18 Å². The van der Waals surface area contributed by atoms with Crippen LogP contribution in [0.1, 0.15) is 12.5 Å². The largest absolute Gasteiger partial charge is 0.283 e. The van der Waals surface area contributed by atoms with Gasteiger partial charge in [-0.25, -0.2) is 9.37 Å². The molecule has 0 aliphatic heterocycles. The Hall–Kier alpha value is -1.89. The minimum atomic E-state index is -0.302. The number of halogens is 2. The van der Waals surface area contributed by atoms with Gasteiger partial charge in [-0.3, -0.25) is 9.69 Å². The summed E-state index contributed by atoms with van der Waals surface area (Å²) in [5.74, 6) is -0.337. The molecular formula is C20H18ClFN2OS2. The van der Waals surface area contributed by atoms with Gasteiger partial charge in [0.25, 0.3) is 0 Å². The molecule has 0 aliphatic rings. The smallest absolute Gasteiger partial charge is 0.241 e. The zero-order valence-corrected chi connectivity index (χ0v) is 17.2. The lowest BCUT2D eigenvalue weighted by Crippen LogP contribution is -2.36. The average molecular weight is 421 g/mol. The molecule has 1 amide bonds. The third-order valence-electron chi connectivity index (χ3n) is 4.09. The number of thiazole rings is 1. The molecule has 3 nitrogen and oxygen atoms in total. The highest BCUT2D eigenvalue weighted by molar-refractivity contribution is 7.99. The summed E-state index contributed by atoms with van der Waals surface area (Å²) in [5, 5.41) is 2.90. The number of hydrogen-bond donors (Lipinski definition) is 0. The number of benzene rings is 2. The molecule has 0 bridgehead atoms. The monoisotopic (exact) mass is 420 g/mol. The summed E-state index contributed by atoms with van der Waals surface area (Å²) in [6.45, 7) is 2.20. The van der Waals surface area contributed by atoms with Crippen molar-refractivity contribution in [2.24, 2.45) is 0 Å². The lowest BCUT2D eigenvalue weighted by molar-refractivity contribution is -0.118. The first-order valence-corrected chi connectivity index (χ1v) is 10.8. The van der Waals surface area contributed by atoms with Crippen LogP contribution in [0.25, 0.3) is 11.3 Å². The molecule has 1 atom stereocenters. The molecule has 0 saturated carbocycles. The fourth-order valence-corrected chi connectivity index (χ4v) is 3.90. The summed E-state index contributed by atoms with van der Waals surface area (Å²) < 4.78 is 13.2. The molecule has 0 spiro atoms. The summed E-state index contributed by atoms with van der Waals surface area (Å²) >= 11 is 9.14. The summed E-state index contributed by atoms with van der Waals surface area (Å²) in [4.78, 5) is 19.2. The van der Waals surface area contributed by atoms with Gasteiger partial charge in [0.15, 0.2) is 5.13 Å². The average Bonchev–Trinajstić information content (AvgIpc) is 3.16. The van der Waals surface area contributed by atoms with Crippen molar-refractivity contribution >= 4 is 45.7 Å². The lowest BCUT2D eigenvalue weighted by atomic mass is 10.2. The van der Waals surface area contributed by atoms with E-state index in [1.165, 1.54) is 35.2 Å². The molecule has 1 heterocycles. The normalized spacial score (nSPS) is 12.0. The zero-order valence-electron chi connectivity index (χ0n) is 14.9. The van der Waals surface area contributed by atoms with E-state index in [0.717, 1.165) is 16.8 Å². The van der Waals surface area contributed by atoms with E-state index in [-0.39, 0.29) is 17.0 Å². The minimum Gasteiger partial charge on any atom is -0.283 e. The first-order chi connectivity index (χ1) is 13.0. The number of amides is 1. The van der Waals surface area contributed by atoms with Gasteiger partial charge in [-0.2, -0.15) is 11.8 Å². The summed E-state index contributed by atoms with van der Waals surface area (Å²) in [5.41, 5.74) is 2.40. The van der Waals surface area contributed by atoms with Crippen LogP contribution in [0.5, 0.6) is 0 Å². The summed E-state index contributed by atoms with van der Waals surface area (Å²) in [7, 11) is 0. The van der Waals surface area contributed by atoms with Gasteiger partial charge in [0.1, 0.15) is 5.82 Å². The molecule has 0 N–H and O–H groups in total. The van der Waals surface area contributed by atoms with Crippen LogP contribution in [0.15, 0.2) is 53.9 Å². The molecule has 3 rings (SSSR count). The third-order valence-corrected chi connectivity index (χ3v) is 6.20.